The molecule has 0 spiro atoms. The van der Waals surface area contributed by atoms with Crippen LogP contribution in [0, 0.1) is 0 Å². The van der Waals surface area contributed by atoms with Crippen LogP contribution in [0.1, 0.15) is 13.3 Å². The van der Waals surface area contributed by atoms with Crippen LogP contribution in [-0.4, -0.2) is 53.6 Å². The van der Waals surface area contributed by atoms with Gasteiger partial charge in [0.2, 0.25) is 5.91 Å². The molecule has 2 bridgehead atoms. The van der Waals surface area contributed by atoms with Gasteiger partial charge in [0, 0.05) is 32.1 Å². The number of rotatable bonds is 1. The Morgan fingerprint density at radius 2 is 1.87 bits per heavy atom. The first kappa shape index (κ1) is 10.7. The normalized spacial score (nSPS) is 31.3. The predicted octanol–water partition coefficient (Wildman–Crippen LogP) is 0.854. The molecule has 0 N–H and O–H groups in total. The molecule has 0 saturated carbocycles. The molecule has 3 aliphatic heterocycles. The molecule has 3 nitrogen and oxygen atoms in total. The largest absolute Gasteiger partial charge is 0.401 e. The van der Waals surface area contributed by atoms with Gasteiger partial charge in [0.15, 0.2) is 0 Å². The number of piperazine rings is 1. The first-order valence-electron chi connectivity index (χ1n) is 4.95. The Hall–Kier alpha value is -0.780. The highest BCUT2D eigenvalue weighted by atomic mass is 19.4. The van der Waals surface area contributed by atoms with E-state index in [1.807, 2.05) is 0 Å². The van der Waals surface area contributed by atoms with Crippen molar-refractivity contribution in [3.05, 3.63) is 0 Å². The molecule has 3 rings (SSSR count). The summed E-state index contributed by atoms with van der Waals surface area (Å²) in [4.78, 5) is 14.1. The van der Waals surface area contributed by atoms with Crippen LogP contribution in [0.4, 0.5) is 13.2 Å². The van der Waals surface area contributed by atoms with E-state index in [0.717, 1.165) is 6.42 Å². The molecule has 0 radical (unpaired) electrons. The van der Waals surface area contributed by atoms with Gasteiger partial charge in [-0.3, -0.25) is 9.69 Å². The van der Waals surface area contributed by atoms with Crippen molar-refractivity contribution in [1.29, 1.82) is 0 Å². The Bertz CT molecular complexity index is 267. The van der Waals surface area contributed by atoms with Crippen LogP contribution in [-0.2, 0) is 4.79 Å². The molecule has 3 heterocycles. The summed E-state index contributed by atoms with van der Waals surface area (Å²) in [5.41, 5.74) is 0. The molecule has 15 heavy (non-hydrogen) atoms. The topological polar surface area (TPSA) is 23.6 Å². The Kier molecular flexibility index (Phi) is 2.41. The van der Waals surface area contributed by atoms with Crippen molar-refractivity contribution in [3.63, 3.8) is 0 Å². The summed E-state index contributed by atoms with van der Waals surface area (Å²) in [5, 5.41) is 0. The number of amides is 1. The van der Waals surface area contributed by atoms with E-state index < -0.39 is 12.7 Å². The lowest BCUT2D eigenvalue weighted by Crippen LogP contribution is -2.70. The van der Waals surface area contributed by atoms with Crippen molar-refractivity contribution in [2.24, 2.45) is 0 Å². The number of hydrogen-bond donors (Lipinski definition) is 0. The zero-order chi connectivity index (χ0) is 11.2. The number of nitrogens with zero attached hydrogens (tertiary/aromatic N) is 2. The first-order chi connectivity index (χ1) is 6.87. The zero-order valence-electron chi connectivity index (χ0n) is 8.42. The van der Waals surface area contributed by atoms with Gasteiger partial charge in [-0.05, 0) is 6.42 Å². The monoisotopic (exact) mass is 222 g/mol. The Labute approximate surface area is 85.8 Å². The summed E-state index contributed by atoms with van der Waals surface area (Å²) in [6.07, 6.45) is -3.34. The molecule has 0 aromatic rings. The third-order valence-electron chi connectivity index (χ3n) is 3.15. The second-order valence-electron chi connectivity index (χ2n) is 4.25. The minimum atomic E-state index is -4.13. The lowest BCUT2D eigenvalue weighted by atomic mass is 9.87. The number of alkyl halides is 3. The van der Waals surface area contributed by atoms with Crippen LogP contribution in [0.15, 0.2) is 0 Å². The number of hydrogen-bond acceptors (Lipinski definition) is 2. The second-order valence-corrected chi connectivity index (χ2v) is 4.25. The van der Waals surface area contributed by atoms with E-state index in [1.54, 1.807) is 4.90 Å². The van der Waals surface area contributed by atoms with Gasteiger partial charge in [0.1, 0.15) is 0 Å². The van der Waals surface area contributed by atoms with Crippen molar-refractivity contribution < 1.29 is 18.0 Å². The van der Waals surface area contributed by atoms with Crippen LogP contribution in [0.5, 0.6) is 0 Å². The molecule has 3 aliphatic rings. The Morgan fingerprint density at radius 3 is 2.27 bits per heavy atom. The fraction of sp³-hybridized carbons (Fsp3) is 0.889. The fourth-order valence-electron chi connectivity index (χ4n) is 2.41. The van der Waals surface area contributed by atoms with E-state index >= 15 is 0 Å². The Balaban J connectivity index is 1.92. The van der Waals surface area contributed by atoms with E-state index in [-0.39, 0.29) is 18.0 Å². The highest BCUT2D eigenvalue weighted by molar-refractivity contribution is 5.73. The molecule has 1 amide bonds. The van der Waals surface area contributed by atoms with Crippen LogP contribution in [0.25, 0.3) is 0 Å². The van der Waals surface area contributed by atoms with E-state index in [2.05, 4.69) is 0 Å². The maximum atomic E-state index is 12.2. The molecule has 3 saturated heterocycles. The molecule has 0 aromatic heterocycles. The highest BCUT2D eigenvalue weighted by Crippen LogP contribution is 2.34. The van der Waals surface area contributed by atoms with Crippen molar-refractivity contribution in [2.45, 2.75) is 31.6 Å². The molecular weight excluding hydrogens is 209 g/mol. The quantitative estimate of drug-likeness (QED) is 0.656. The van der Waals surface area contributed by atoms with Crippen LogP contribution in [0.2, 0.25) is 0 Å². The molecule has 2 atom stereocenters. The van der Waals surface area contributed by atoms with Gasteiger partial charge >= 0.3 is 6.18 Å². The molecule has 86 valence electrons. The van der Waals surface area contributed by atoms with E-state index in [4.69, 9.17) is 0 Å². The number of carbonyl (C=O) groups is 1. The fourth-order valence-corrected chi connectivity index (χ4v) is 2.41. The number of fused-ring (bicyclic) bond motifs is 2. The first-order valence-corrected chi connectivity index (χ1v) is 4.95. The number of halogens is 3. The van der Waals surface area contributed by atoms with Gasteiger partial charge in [-0.2, -0.15) is 13.2 Å². The van der Waals surface area contributed by atoms with Crippen molar-refractivity contribution in [1.82, 2.24) is 9.80 Å². The van der Waals surface area contributed by atoms with Crippen molar-refractivity contribution in [2.75, 3.05) is 19.6 Å². The average Bonchev–Trinajstić information content (AvgIpc) is 2.13. The molecule has 0 aromatic carbocycles. The average molecular weight is 222 g/mol. The van der Waals surface area contributed by atoms with Gasteiger partial charge in [-0.1, -0.05) is 0 Å². The summed E-state index contributed by atoms with van der Waals surface area (Å²) in [7, 11) is 0. The van der Waals surface area contributed by atoms with Crippen molar-refractivity contribution >= 4 is 5.91 Å². The summed E-state index contributed by atoms with van der Waals surface area (Å²) in [6, 6.07) is -0.177. The molecule has 0 aliphatic carbocycles. The van der Waals surface area contributed by atoms with Gasteiger partial charge in [-0.25, -0.2) is 0 Å². The van der Waals surface area contributed by atoms with Crippen molar-refractivity contribution in [3.8, 4) is 0 Å². The zero-order valence-corrected chi connectivity index (χ0v) is 8.42. The van der Waals surface area contributed by atoms with Gasteiger partial charge in [-0.15, -0.1) is 0 Å². The predicted molar refractivity (Wildman–Crippen MR) is 47.2 cm³/mol. The summed E-state index contributed by atoms with van der Waals surface area (Å²) in [6.45, 7) is 1.51. The minimum absolute atomic E-state index is 0.0450. The van der Waals surface area contributed by atoms with Gasteiger partial charge in [0.25, 0.3) is 0 Å². The lowest BCUT2D eigenvalue weighted by Gasteiger charge is -2.56. The summed E-state index contributed by atoms with van der Waals surface area (Å²) >= 11 is 0. The number of carbonyl (C=O) groups excluding carboxylic acids is 1. The molecule has 6 heteroatoms. The van der Waals surface area contributed by atoms with Crippen LogP contribution in [0.3, 0.4) is 0 Å². The Morgan fingerprint density at radius 1 is 1.33 bits per heavy atom. The maximum absolute atomic E-state index is 12.2. The van der Waals surface area contributed by atoms with Crippen LogP contribution < -0.4 is 0 Å². The SMILES string of the molecule is CC(=O)N1CC2CC(C1)N2CC(F)(F)F. The van der Waals surface area contributed by atoms with E-state index in [1.165, 1.54) is 11.8 Å². The second kappa shape index (κ2) is 3.37. The molecule has 2 unspecified atom stereocenters. The standard InChI is InChI=1S/C9H13F3N2O/c1-6(15)13-3-7-2-8(4-13)14(7)5-9(10,11)12/h7-8H,2-5H2,1H3. The van der Waals surface area contributed by atoms with Gasteiger partial charge in [0.05, 0.1) is 6.54 Å². The third-order valence-corrected chi connectivity index (χ3v) is 3.15. The van der Waals surface area contributed by atoms with E-state index in [0.29, 0.717) is 13.1 Å². The third kappa shape index (κ3) is 2.09. The summed E-state index contributed by atoms with van der Waals surface area (Å²) in [5.74, 6) is -0.0450. The van der Waals surface area contributed by atoms with Crippen LogP contribution >= 0.6 is 0 Å². The smallest absolute Gasteiger partial charge is 0.340 e. The lowest BCUT2D eigenvalue weighted by molar-refractivity contribution is -0.189. The molecular formula is C9H13F3N2O. The maximum Gasteiger partial charge on any atom is 0.401 e. The summed E-state index contributed by atoms with van der Waals surface area (Å²) < 4.78 is 36.5. The van der Waals surface area contributed by atoms with E-state index in [9.17, 15) is 18.0 Å². The molecule has 3 fully saturated rings. The highest BCUT2D eigenvalue weighted by Gasteiger charge is 2.49. The van der Waals surface area contributed by atoms with Gasteiger partial charge < -0.3 is 4.90 Å². The number of piperidine rings is 1. The minimum Gasteiger partial charge on any atom is -0.340 e.